The van der Waals surface area contributed by atoms with Gasteiger partial charge in [0.2, 0.25) is 0 Å². The third-order valence-corrected chi connectivity index (χ3v) is 2.30. The summed E-state index contributed by atoms with van der Waals surface area (Å²) < 4.78 is 0. The number of halogens is 1. The molecule has 0 saturated heterocycles. The zero-order valence-corrected chi connectivity index (χ0v) is 9.83. The van der Waals surface area contributed by atoms with Gasteiger partial charge in [-0.05, 0) is 32.9 Å². The van der Waals surface area contributed by atoms with Gasteiger partial charge in [-0.15, -0.1) is 11.6 Å². The fraction of sp³-hybridized carbons (Fsp3) is 0.500. The van der Waals surface area contributed by atoms with Gasteiger partial charge in [-0.3, -0.25) is 0 Å². The number of hydrogen-bond acceptors (Lipinski definition) is 1. The lowest BCUT2D eigenvalue weighted by atomic mass is 10.2. The molecule has 0 aromatic heterocycles. The SMILES string of the molecule is CC(Cl)CN(c1ccccc1)C(C)C. The minimum absolute atomic E-state index is 0.178. The molecule has 0 amide bonds. The fourth-order valence-corrected chi connectivity index (χ4v) is 1.65. The number of hydrogen-bond donors (Lipinski definition) is 0. The number of nitrogens with zero attached hydrogens (tertiary/aromatic N) is 1. The van der Waals surface area contributed by atoms with Gasteiger partial charge < -0.3 is 4.90 Å². The first-order valence-electron chi connectivity index (χ1n) is 5.07. The van der Waals surface area contributed by atoms with Gasteiger partial charge in [0.1, 0.15) is 0 Å². The van der Waals surface area contributed by atoms with Crippen LogP contribution in [0.4, 0.5) is 5.69 Å². The molecule has 0 radical (unpaired) electrons. The molecule has 0 N–H and O–H groups in total. The second-order valence-corrected chi connectivity index (χ2v) is 4.61. The Morgan fingerprint density at radius 2 is 1.71 bits per heavy atom. The summed E-state index contributed by atoms with van der Waals surface area (Å²) in [5.41, 5.74) is 1.25. The summed E-state index contributed by atoms with van der Waals surface area (Å²) in [6, 6.07) is 10.9. The molecule has 0 heterocycles. The number of para-hydroxylation sites is 1. The fourth-order valence-electron chi connectivity index (χ4n) is 1.50. The van der Waals surface area contributed by atoms with Gasteiger partial charge in [0.05, 0.1) is 0 Å². The molecular formula is C12H18ClN. The van der Waals surface area contributed by atoms with Gasteiger partial charge in [0.25, 0.3) is 0 Å². The van der Waals surface area contributed by atoms with Crippen LogP contribution in [0.15, 0.2) is 30.3 Å². The van der Waals surface area contributed by atoms with E-state index in [0.717, 1.165) is 6.54 Å². The molecule has 1 unspecified atom stereocenters. The normalized spacial score (nSPS) is 12.9. The van der Waals surface area contributed by atoms with Crippen molar-refractivity contribution in [3.63, 3.8) is 0 Å². The quantitative estimate of drug-likeness (QED) is 0.689. The van der Waals surface area contributed by atoms with Crippen LogP contribution >= 0.6 is 11.6 Å². The first-order chi connectivity index (χ1) is 6.61. The molecule has 0 bridgehead atoms. The molecule has 14 heavy (non-hydrogen) atoms. The number of rotatable bonds is 4. The van der Waals surface area contributed by atoms with E-state index in [1.807, 2.05) is 13.0 Å². The van der Waals surface area contributed by atoms with Crippen LogP contribution < -0.4 is 4.90 Å². The molecule has 0 spiro atoms. The highest BCUT2D eigenvalue weighted by Gasteiger charge is 2.11. The molecule has 0 saturated carbocycles. The van der Waals surface area contributed by atoms with Crippen molar-refractivity contribution in [3.05, 3.63) is 30.3 Å². The second kappa shape index (κ2) is 5.26. The molecule has 1 rings (SSSR count). The van der Waals surface area contributed by atoms with Gasteiger partial charge in [0, 0.05) is 23.7 Å². The molecule has 1 nitrogen and oxygen atoms in total. The van der Waals surface area contributed by atoms with Crippen molar-refractivity contribution in [3.8, 4) is 0 Å². The Kier molecular flexibility index (Phi) is 4.27. The summed E-state index contributed by atoms with van der Waals surface area (Å²) >= 11 is 6.02. The molecule has 0 aliphatic carbocycles. The zero-order chi connectivity index (χ0) is 10.6. The summed E-state index contributed by atoms with van der Waals surface area (Å²) in [7, 11) is 0. The van der Waals surface area contributed by atoms with Crippen molar-refractivity contribution in [2.75, 3.05) is 11.4 Å². The van der Waals surface area contributed by atoms with E-state index >= 15 is 0 Å². The van der Waals surface area contributed by atoms with Crippen molar-refractivity contribution in [2.24, 2.45) is 0 Å². The highest BCUT2D eigenvalue weighted by atomic mass is 35.5. The molecule has 2 heteroatoms. The largest absolute Gasteiger partial charge is 0.368 e. The maximum absolute atomic E-state index is 6.02. The number of alkyl halides is 1. The van der Waals surface area contributed by atoms with E-state index in [1.165, 1.54) is 5.69 Å². The second-order valence-electron chi connectivity index (χ2n) is 3.86. The molecule has 1 aromatic rings. The predicted molar refractivity (Wildman–Crippen MR) is 64.2 cm³/mol. The van der Waals surface area contributed by atoms with Gasteiger partial charge in [-0.2, -0.15) is 0 Å². The van der Waals surface area contributed by atoms with E-state index in [0.29, 0.717) is 6.04 Å². The van der Waals surface area contributed by atoms with E-state index in [1.54, 1.807) is 0 Å². The lowest BCUT2D eigenvalue weighted by Gasteiger charge is -2.30. The lowest BCUT2D eigenvalue weighted by molar-refractivity contribution is 0.674. The number of benzene rings is 1. The van der Waals surface area contributed by atoms with Crippen molar-refractivity contribution < 1.29 is 0 Å². The Bertz CT molecular complexity index is 256. The summed E-state index contributed by atoms with van der Waals surface area (Å²) in [5, 5.41) is 0.178. The van der Waals surface area contributed by atoms with Crippen LogP contribution in [0.2, 0.25) is 0 Å². The molecular weight excluding hydrogens is 194 g/mol. The van der Waals surface area contributed by atoms with Crippen LogP contribution in [0.3, 0.4) is 0 Å². The van der Waals surface area contributed by atoms with Crippen molar-refractivity contribution >= 4 is 17.3 Å². The minimum Gasteiger partial charge on any atom is -0.368 e. The molecule has 0 fully saturated rings. The third-order valence-electron chi connectivity index (χ3n) is 2.16. The van der Waals surface area contributed by atoms with Crippen LogP contribution in [0.5, 0.6) is 0 Å². The first-order valence-corrected chi connectivity index (χ1v) is 5.50. The van der Waals surface area contributed by atoms with E-state index < -0.39 is 0 Å². The summed E-state index contributed by atoms with van der Waals surface area (Å²) in [6.07, 6.45) is 0. The van der Waals surface area contributed by atoms with E-state index in [-0.39, 0.29) is 5.38 Å². The van der Waals surface area contributed by atoms with Crippen molar-refractivity contribution in [1.29, 1.82) is 0 Å². The lowest BCUT2D eigenvalue weighted by Crippen LogP contribution is -2.35. The van der Waals surface area contributed by atoms with Crippen LogP contribution in [0.1, 0.15) is 20.8 Å². The monoisotopic (exact) mass is 211 g/mol. The van der Waals surface area contributed by atoms with E-state index in [4.69, 9.17) is 11.6 Å². The average molecular weight is 212 g/mol. The standard InChI is InChI=1S/C12H18ClN/c1-10(2)14(9-11(3)13)12-7-5-4-6-8-12/h4-8,10-11H,9H2,1-3H3. The van der Waals surface area contributed by atoms with Gasteiger partial charge in [-0.25, -0.2) is 0 Å². The zero-order valence-electron chi connectivity index (χ0n) is 9.07. The summed E-state index contributed by atoms with van der Waals surface area (Å²) in [6.45, 7) is 7.29. The topological polar surface area (TPSA) is 3.24 Å². The van der Waals surface area contributed by atoms with E-state index in [9.17, 15) is 0 Å². The summed E-state index contributed by atoms with van der Waals surface area (Å²) in [4.78, 5) is 2.32. The van der Waals surface area contributed by atoms with Crippen LogP contribution in [0.25, 0.3) is 0 Å². The predicted octanol–water partition coefficient (Wildman–Crippen LogP) is 3.53. The van der Waals surface area contributed by atoms with Crippen LogP contribution in [-0.4, -0.2) is 18.0 Å². The minimum atomic E-state index is 0.178. The average Bonchev–Trinajstić information content (AvgIpc) is 2.15. The smallest absolute Gasteiger partial charge is 0.0483 e. The molecule has 0 aliphatic heterocycles. The Morgan fingerprint density at radius 1 is 1.14 bits per heavy atom. The third kappa shape index (κ3) is 3.22. The van der Waals surface area contributed by atoms with E-state index in [2.05, 4.69) is 43.0 Å². The summed E-state index contributed by atoms with van der Waals surface area (Å²) in [5.74, 6) is 0. The first kappa shape index (κ1) is 11.4. The molecule has 78 valence electrons. The van der Waals surface area contributed by atoms with Gasteiger partial charge in [0.15, 0.2) is 0 Å². The Labute approximate surface area is 91.7 Å². The van der Waals surface area contributed by atoms with Gasteiger partial charge in [-0.1, -0.05) is 18.2 Å². The Hall–Kier alpha value is -0.690. The van der Waals surface area contributed by atoms with Crippen molar-refractivity contribution in [1.82, 2.24) is 0 Å². The molecule has 0 aliphatic rings. The highest BCUT2D eigenvalue weighted by molar-refractivity contribution is 6.20. The molecule has 1 aromatic carbocycles. The van der Waals surface area contributed by atoms with Crippen LogP contribution in [0, 0.1) is 0 Å². The van der Waals surface area contributed by atoms with Crippen LogP contribution in [-0.2, 0) is 0 Å². The molecule has 1 atom stereocenters. The maximum atomic E-state index is 6.02. The Balaban J connectivity index is 2.78. The maximum Gasteiger partial charge on any atom is 0.0483 e. The number of anilines is 1. The van der Waals surface area contributed by atoms with Gasteiger partial charge >= 0.3 is 0 Å². The Morgan fingerprint density at radius 3 is 2.14 bits per heavy atom. The highest BCUT2D eigenvalue weighted by Crippen LogP contribution is 2.17. The van der Waals surface area contributed by atoms with Crippen molar-refractivity contribution in [2.45, 2.75) is 32.2 Å².